The molecule has 0 spiro atoms. The van der Waals surface area contributed by atoms with Crippen molar-refractivity contribution in [3.05, 3.63) is 22.9 Å². The molecule has 0 N–H and O–H groups in total. The summed E-state index contributed by atoms with van der Waals surface area (Å²) in [6.45, 7) is 2.47. The van der Waals surface area contributed by atoms with Crippen molar-refractivity contribution < 1.29 is 0 Å². The van der Waals surface area contributed by atoms with E-state index in [2.05, 4.69) is 31.9 Å². The molecule has 1 aromatic heterocycles. The first-order valence-corrected chi connectivity index (χ1v) is 6.96. The Balaban J connectivity index is 1.76. The van der Waals surface area contributed by atoms with Crippen LogP contribution < -0.4 is 4.90 Å². The maximum absolute atomic E-state index is 4.14. The summed E-state index contributed by atoms with van der Waals surface area (Å²) >= 11 is 3.61. The van der Waals surface area contributed by atoms with Gasteiger partial charge in [0.15, 0.2) is 0 Å². The number of aromatic nitrogens is 1. The van der Waals surface area contributed by atoms with E-state index < -0.39 is 0 Å². The summed E-state index contributed by atoms with van der Waals surface area (Å²) in [6.07, 6.45) is 9.48. The molecular weight excluding hydrogens is 264 g/mol. The van der Waals surface area contributed by atoms with Crippen molar-refractivity contribution in [3.8, 4) is 0 Å². The van der Waals surface area contributed by atoms with Crippen molar-refractivity contribution in [1.29, 1.82) is 0 Å². The highest BCUT2D eigenvalue weighted by Gasteiger charge is 2.29. The Morgan fingerprint density at radius 1 is 1.19 bits per heavy atom. The zero-order valence-corrected chi connectivity index (χ0v) is 11.0. The smallest absolute Gasteiger partial charge is 0.0592 e. The van der Waals surface area contributed by atoms with Crippen molar-refractivity contribution in [2.24, 2.45) is 11.8 Å². The van der Waals surface area contributed by atoms with Gasteiger partial charge in [-0.3, -0.25) is 4.98 Å². The van der Waals surface area contributed by atoms with Gasteiger partial charge in [-0.15, -0.1) is 0 Å². The molecule has 86 valence electrons. The Bertz CT molecular complexity index is 358. The maximum atomic E-state index is 4.14. The van der Waals surface area contributed by atoms with Gasteiger partial charge in [0, 0.05) is 25.5 Å². The van der Waals surface area contributed by atoms with Gasteiger partial charge in [0.05, 0.1) is 10.2 Å². The Morgan fingerprint density at radius 3 is 2.31 bits per heavy atom. The van der Waals surface area contributed by atoms with Crippen molar-refractivity contribution in [2.75, 3.05) is 18.0 Å². The standard InChI is InChI=1S/C13H17BrN2/c14-12-7-15-6-5-13(12)16(8-10-1-2-10)9-11-3-4-11/h5-7,10-11H,1-4,8-9H2. The summed E-state index contributed by atoms with van der Waals surface area (Å²) in [5.74, 6) is 1.89. The SMILES string of the molecule is Brc1cnccc1N(CC1CC1)CC1CC1. The Kier molecular flexibility index (Phi) is 2.88. The highest BCUT2D eigenvalue weighted by Crippen LogP contribution is 2.37. The third kappa shape index (κ3) is 2.57. The molecule has 0 bridgehead atoms. The lowest BCUT2D eigenvalue weighted by molar-refractivity contribution is 0.678. The van der Waals surface area contributed by atoms with Crippen LogP contribution >= 0.6 is 15.9 Å². The highest BCUT2D eigenvalue weighted by atomic mass is 79.9. The van der Waals surface area contributed by atoms with E-state index in [0.29, 0.717) is 0 Å². The van der Waals surface area contributed by atoms with Gasteiger partial charge >= 0.3 is 0 Å². The second-order valence-corrected chi connectivity index (χ2v) is 5.97. The van der Waals surface area contributed by atoms with Crippen LogP contribution in [0.2, 0.25) is 0 Å². The van der Waals surface area contributed by atoms with E-state index in [1.165, 1.54) is 44.5 Å². The minimum Gasteiger partial charge on any atom is -0.370 e. The fourth-order valence-electron chi connectivity index (χ4n) is 2.12. The predicted molar refractivity (Wildman–Crippen MR) is 69.6 cm³/mol. The van der Waals surface area contributed by atoms with Gasteiger partial charge in [-0.2, -0.15) is 0 Å². The van der Waals surface area contributed by atoms with Crippen LogP contribution in [0.25, 0.3) is 0 Å². The lowest BCUT2D eigenvalue weighted by Crippen LogP contribution is -2.28. The average molecular weight is 281 g/mol. The van der Waals surface area contributed by atoms with Crippen LogP contribution in [0, 0.1) is 11.8 Å². The van der Waals surface area contributed by atoms with Crippen LogP contribution in [0.3, 0.4) is 0 Å². The lowest BCUT2D eigenvalue weighted by Gasteiger charge is -2.25. The van der Waals surface area contributed by atoms with E-state index in [1.807, 2.05) is 12.4 Å². The van der Waals surface area contributed by atoms with Crippen LogP contribution in [0.4, 0.5) is 5.69 Å². The maximum Gasteiger partial charge on any atom is 0.0592 e. The van der Waals surface area contributed by atoms with Crippen LogP contribution in [0.5, 0.6) is 0 Å². The van der Waals surface area contributed by atoms with Gasteiger partial charge in [-0.05, 0) is 59.5 Å². The summed E-state index contributed by atoms with van der Waals surface area (Å²) in [7, 11) is 0. The normalized spacial score (nSPS) is 19.8. The van der Waals surface area contributed by atoms with Crippen molar-refractivity contribution in [3.63, 3.8) is 0 Å². The zero-order valence-electron chi connectivity index (χ0n) is 9.40. The molecule has 0 aromatic carbocycles. The van der Waals surface area contributed by atoms with E-state index in [1.54, 1.807) is 0 Å². The molecule has 16 heavy (non-hydrogen) atoms. The van der Waals surface area contributed by atoms with Gasteiger partial charge in [0.1, 0.15) is 0 Å². The number of hydrogen-bond donors (Lipinski definition) is 0. The number of pyridine rings is 1. The van der Waals surface area contributed by atoms with E-state index in [4.69, 9.17) is 0 Å². The average Bonchev–Trinajstić information content (AvgIpc) is 3.12. The molecule has 0 saturated heterocycles. The summed E-state index contributed by atoms with van der Waals surface area (Å²) in [6, 6.07) is 2.13. The molecule has 0 atom stereocenters. The first-order chi connectivity index (χ1) is 7.83. The Labute approximate surface area is 105 Å². The molecule has 0 radical (unpaired) electrons. The van der Waals surface area contributed by atoms with Gasteiger partial charge < -0.3 is 4.90 Å². The van der Waals surface area contributed by atoms with Crippen LogP contribution in [0.15, 0.2) is 22.9 Å². The number of nitrogens with zero attached hydrogens (tertiary/aromatic N) is 2. The summed E-state index contributed by atoms with van der Waals surface area (Å²) in [5.41, 5.74) is 1.33. The van der Waals surface area contributed by atoms with Crippen LogP contribution in [-0.2, 0) is 0 Å². The van der Waals surface area contributed by atoms with E-state index in [9.17, 15) is 0 Å². The second kappa shape index (κ2) is 4.36. The van der Waals surface area contributed by atoms with Gasteiger partial charge in [-0.1, -0.05) is 0 Å². The lowest BCUT2D eigenvalue weighted by atomic mass is 10.2. The number of hydrogen-bond acceptors (Lipinski definition) is 2. The largest absolute Gasteiger partial charge is 0.370 e. The molecule has 1 aromatic rings. The quantitative estimate of drug-likeness (QED) is 0.821. The fraction of sp³-hybridized carbons (Fsp3) is 0.615. The number of halogens is 1. The summed E-state index contributed by atoms with van der Waals surface area (Å²) < 4.78 is 1.14. The molecule has 1 heterocycles. The monoisotopic (exact) mass is 280 g/mol. The molecular formula is C13H17BrN2. The predicted octanol–water partition coefficient (Wildman–Crippen LogP) is 3.47. The van der Waals surface area contributed by atoms with Crippen molar-refractivity contribution >= 4 is 21.6 Å². The molecule has 2 aliphatic rings. The number of rotatable bonds is 5. The summed E-state index contributed by atoms with van der Waals surface area (Å²) in [5, 5.41) is 0. The molecule has 3 rings (SSSR count). The van der Waals surface area contributed by atoms with E-state index >= 15 is 0 Å². The third-order valence-corrected chi connectivity index (χ3v) is 4.05. The first kappa shape index (κ1) is 10.6. The third-order valence-electron chi connectivity index (χ3n) is 3.44. The molecule has 0 unspecified atom stereocenters. The van der Waals surface area contributed by atoms with E-state index in [0.717, 1.165) is 16.3 Å². The molecule has 2 fully saturated rings. The van der Waals surface area contributed by atoms with Crippen LogP contribution in [0.1, 0.15) is 25.7 Å². The molecule has 3 heteroatoms. The van der Waals surface area contributed by atoms with Gasteiger partial charge in [0.2, 0.25) is 0 Å². The topological polar surface area (TPSA) is 16.1 Å². The minimum atomic E-state index is 0.943. The Hall–Kier alpha value is -0.570. The molecule has 2 nitrogen and oxygen atoms in total. The minimum absolute atomic E-state index is 0.943. The van der Waals surface area contributed by atoms with Crippen LogP contribution in [-0.4, -0.2) is 18.1 Å². The first-order valence-electron chi connectivity index (χ1n) is 6.17. The zero-order chi connectivity index (χ0) is 11.0. The Morgan fingerprint density at radius 2 is 1.81 bits per heavy atom. The van der Waals surface area contributed by atoms with Crippen molar-refractivity contribution in [2.45, 2.75) is 25.7 Å². The molecule has 0 amide bonds. The molecule has 2 aliphatic carbocycles. The fourth-order valence-corrected chi connectivity index (χ4v) is 2.62. The number of anilines is 1. The van der Waals surface area contributed by atoms with Gasteiger partial charge in [-0.25, -0.2) is 0 Å². The highest BCUT2D eigenvalue weighted by molar-refractivity contribution is 9.10. The molecule has 2 saturated carbocycles. The van der Waals surface area contributed by atoms with Crippen molar-refractivity contribution in [1.82, 2.24) is 4.98 Å². The van der Waals surface area contributed by atoms with E-state index in [-0.39, 0.29) is 0 Å². The second-order valence-electron chi connectivity index (χ2n) is 5.12. The van der Waals surface area contributed by atoms with Gasteiger partial charge in [0.25, 0.3) is 0 Å². The molecule has 0 aliphatic heterocycles. The summed E-state index contributed by atoms with van der Waals surface area (Å²) in [4.78, 5) is 6.70.